The van der Waals surface area contributed by atoms with E-state index in [0.717, 1.165) is 31.1 Å². The Morgan fingerprint density at radius 3 is 2.52 bits per heavy atom. The number of para-hydroxylation sites is 1. The molecule has 1 fully saturated rings. The Balaban J connectivity index is 1.44. The Morgan fingerprint density at radius 2 is 1.78 bits per heavy atom. The number of rotatable bonds is 5. The van der Waals surface area contributed by atoms with Crippen LogP contribution in [0.15, 0.2) is 57.9 Å². The van der Waals surface area contributed by atoms with Crippen LogP contribution in [0.3, 0.4) is 0 Å². The number of sulfone groups is 1. The maximum Gasteiger partial charge on any atom is 0.230 e. The molecule has 140 valence electrons. The predicted octanol–water partition coefficient (Wildman–Crippen LogP) is 3.73. The van der Waals surface area contributed by atoms with Gasteiger partial charge in [0.25, 0.3) is 0 Å². The lowest BCUT2D eigenvalue weighted by molar-refractivity contribution is -0.115. The largest absolute Gasteiger partial charge is 0.356 e. The van der Waals surface area contributed by atoms with Gasteiger partial charge in [0.15, 0.2) is 15.4 Å². The van der Waals surface area contributed by atoms with Gasteiger partial charge in [-0.3, -0.25) is 4.79 Å². The van der Waals surface area contributed by atoms with E-state index in [1.54, 1.807) is 30.3 Å². The van der Waals surface area contributed by atoms with Gasteiger partial charge < -0.3 is 9.84 Å². The number of aromatic nitrogens is 1. The fourth-order valence-corrected chi connectivity index (χ4v) is 5.40. The Morgan fingerprint density at radius 1 is 1.07 bits per heavy atom. The van der Waals surface area contributed by atoms with Crippen LogP contribution >= 0.6 is 0 Å². The lowest BCUT2D eigenvalue weighted by Gasteiger charge is -2.12. The van der Waals surface area contributed by atoms with Gasteiger partial charge in [0.1, 0.15) is 5.69 Å². The van der Waals surface area contributed by atoms with Crippen LogP contribution in [-0.4, -0.2) is 24.7 Å². The molecule has 0 aliphatic heterocycles. The quantitative estimate of drug-likeness (QED) is 0.724. The second kappa shape index (κ2) is 7.15. The highest BCUT2D eigenvalue weighted by atomic mass is 32.2. The zero-order valence-corrected chi connectivity index (χ0v) is 15.5. The van der Waals surface area contributed by atoms with Crippen molar-refractivity contribution < 1.29 is 17.7 Å². The van der Waals surface area contributed by atoms with E-state index in [9.17, 15) is 13.2 Å². The number of fused-ring (bicyclic) bond motifs is 1. The number of hydrogen-bond donors (Lipinski definition) is 1. The molecular formula is C20H20N2O4S. The molecule has 3 aromatic rings. The van der Waals surface area contributed by atoms with Crippen molar-refractivity contribution in [3.63, 3.8) is 0 Å². The average Bonchev–Trinajstić information content (AvgIpc) is 3.33. The number of hydrogen-bond acceptors (Lipinski definition) is 5. The van der Waals surface area contributed by atoms with Crippen LogP contribution in [-0.2, 0) is 21.1 Å². The van der Waals surface area contributed by atoms with E-state index < -0.39 is 9.84 Å². The summed E-state index contributed by atoms with van der Waals surface area (Å²) in [5.41, 5.74) is 1.77. The summed E-state index contributed by atoms with van der Waals surface area (Å²) in [7, 11) is -3.28. The number of nitrogens with zero attached hydrogens (tertiary/aromatic N) is 1. The van der Waals surface area contributed by atoms with Gasteiger partial charge in [-0.2, -0.15) is 0 Å². The van der Waals surface area contributed by atoms with Crippen molar-refractivity contribution in [2.24, 2.45) is 0 Å². The Labute approximate surface area is 157 Å². The molecule has 0 spiro atoms. The number of anilines is 1. The fourth-order valence-electron chi connectivity index (χ4n) is 3.54. The van der Waals surface area contributed by atoms with E-state index in [1.165, 1.54) is 0 Å². The molecule has 1 saturated carbocycles. The molecule has 0 bridgehead atoms. The van der Waals surface area contributed by atoms with Gasteiger partial charge in [-0.25, -0.2) is 8.42 Å². The third kappa shape index (κ3) is 3.60. The lowest BCUT2D eigenvalue weighted by atomic mass is 10.1. The van der Waals surface area contributed by atoms with Crippen molar-refractivity contribution in [1.29, 1.82) is 0 Å². The molecule has 4 rings (SSSR count). The molecule has 0 radical (unpaired) electrons. The molecule has 1 amide bonds. The zero-order chi connectivity index (χ0) is 18.9. The Bertz CT molecular complexity index is 1060. The molecule has 0 unspecified atom stereocenters. The topological polar surface area (TPSA) is 89.3 Å². The van der Waals surface area contributed by atoms with Crippen LogP contribution in [0.1, 0.15) is 31.4 Å². The van der Waals surface area contributed by atoms with E-state index in [2.05, 4.69) is 10.5 Å². The van der Waals surface area contributed by atoms with Crippen molar-refractivity contribution in [3.8, 4) is 0 Å². The zero-order valence-electron chi connectivity index (χ0n) is 14.7. The molecule has 1 aromatic heterocycles. The van der Waals surface area contributed by atoms with E-state index in [1.807, 2.05) is 18.2 Å². The third-order valence-electron chi connectivity index (χ3n) is 4.99. The second-order valence-electron chi connectivity index (χ2n) is 6.83. The standard InChI is InChI=1S/C20H20N2O4S/c23-20(13-18-17-7-3-4-8-19(17)26-22-18)21-14-9-11-16(12-10-14)27(24,25)15-5-1-2-6-15/h3-4,7-12,15H,1-2,5-6,13H2,(H,21,23). The van der Waals surface area contributed by atoms with Crippen molar-refractivity contribution >= 4 is 32.4 Å². The minimum atomic E-state index is -3.28. The van der Waals surface area contributed by atoms with Crippen LogP contribution in [0.25, 0.3) is 11.0 Å². The van der Waals surface area contributed by atoms with Crippen LogP contribution in [0.4, 0.5) is 5.69 Å². The normalized spacial score (nSPS) is 15.3. The van der Waals surface area contributed by atoms with Crippen molar-refractivity contribution in [1.82, 2.24) is 5.16 Å². The highest BCUT2D eigenvalue weighted by Gasteiger charge is 2.30. The molecular weight excluding hydrogens is 364 g/mol. The van der Waals surface area contributed by atoms with E-state index in [-0.39, 0.29) is 17.6 Å². The lowest BCUT2D eigenvalue weighted by Crippen LogP contribution is -2.18. The van der Waals surface area contributed by atoms with Crippen LogP contribution in [0.5, 0.6) is 0 Å². The number of nitrogens with one attached hydrogen (secondary N) is 1. The summed E-state index contributed by atoms with van der Waals surface area (Å²) in [5, 5.41) is 7.26. The first-order valence-electron chi connectivity index (χ1n) is 9.01. The van der Waals surface area contributed by atoms with Gasteiger partial charge in [0, 0.05) is 11.1 Å². The number of carbonyl (C=O) groups is 1. The van der Waals surface area contributed by atoms with Gasteiger partial charge in [-0.05, 0) is 49.2 Å². The third-order valence-corrected chi connectivity index (χ3v) is 7.27. The van der Waals surface area contributed by atoms with Gasteiger partial charge >= 0.3 is 0 Å². The molecule has 1 N–H and O–H groups in total. The predicted molar refractivity (Wildman–Crippen MR) is 102 cm³/mol. The molecule has 7 heteroatoms. The van der Waals surface area contributed by atoms with Gasteiger partial charge in [-0.15, -0.1) is 0 Å². The van der Waals surface area contributed by atoms with Crippen molar-refractivity contribution in [3.05, 3.63) is 54.2 Å². The first kappa shape index (κ1) is 17.7. The summed E-state index contributed by atoms with van der Waals surface area (Å²) in [4.78, 5) is 12.6. The molecule has 27 heavy (non-hydrogen) atoms. The maximum absolute atomic E-state index is 12.6. The van der Waals surface area contributed by atoms with E-state index >= 15 is 0 Å². The minimum absolute atomic E-state index is 0.0825. The molecule has 6 nitrogen and oxygen atoms in total. The number of benzene rings is 2. The van der Waals surface area contributed by atoms with E-state index in [0.29, 0.717) is 21.9 Å². The molecule has 1 aliphatic rings. The summed E-state index contributed by atoms with van der Waals surface area (Å²) >= 11 is 0. The summed E-state index contributed by atoms with van der Waals surface area (Å²) in [6, 6.07) is 13.7. The molecule has 1 aliphatic carbocycles. The molecule has 1 heterocycles. The average molecular weight is 384 g/mol. The van der Waals surface area contributed by atoms with Crippen LogP contribution in [0.2, 0.25) is 0 Å². The van der Waals surface area contributed by atoms with Gasteiger partial charge in [0.2, 0.25) is 5.91 Å². The first-order chi connectivity index (χ1) is 13.0. The molecule has 0 atom stereocenters. The second-order valence-corrected chi connectivity index (χ2v) is 9.05. The first-order valence-corrected chi connectivity index (χ1v) is 10.6. The summed E-state index contributed by atoms with van der Waals surface area (Å²) in [6.07, 6.45) is 3.47. The fraction of sp³-hybridized carbons (Fsp3) is 0.300. The molecule has 0 saturated heterocycles. The minimum Gasteiger partial charge on any atom is -0.356 e. The van der Waals surface area contributed by atoms with Crippen LogP contribution in [0, 0.1) is 0 Å². The summed E-state index contributed by atoms with van der Waals surface area (Å²) < 4.78 is 30.4. The number of carbonyl (C=O) groups excluding carboxylic acids is 1. The van der Waals surface area contributed by atoms with Crippen molar-refractivity contribution in [2.75, 3.05) is 5.32 Å². The summed E-state index contributed by atoms with van der Waals surface area (Å²) in [6.45, 7) is 0. The Kier molecular flexibility index (Phi) is 4.70. The highest BCUT2D eigenvalue weighted by molar-refractivity contribution is 7.92. The SMILES string of the molecule is O=C(Cc1noc2ccccc12)Nc1ccc(S(=O)(=O)C2CCCC2)cc1. The number of amides is 1. The Hall–Kier alpha value is -2.67. The smallest absolute Gasteiger partial charge is 0.230 e. The van der Waals surface area contributed by atoms with Gasteiger partial charge in [0.05, 0.1) is 16.6 Å². The highest BCUT2D eigenvalue weighted by Crippen LogP contribution is 2.30. The maximum atomic E-state index is 12.6. The van der Waals surface area contributed by atoms with E-state index in [4.69, 9.17) is 4.52 Å². The van der Waals surface area contributed by atoms with Gasteiger partial charge in [-0.1, -0.05) is 30.1 Å². The van der Waals surface area contributed by atoms with Crippen LogP contribution < -0.4 is 5.32 Å². The monoisotopic (exact) mass is 384 g/mol. The van der Waals surface area contributed by atoms with Crippen molar-refractivity contribution in [2.45, 2.75) is 42.2 Å². The molecule has 2 aromatic carbocycles. The summed E-state index contributed by atoms with van der Waals surface area (Å²) in [5.74, 6) is -0.236.